The topological polar surface area (TPSA) is 121 Å². The molecule has 0 aliphatic heterocycles. The van der Waals surface area contributed by atoms with Crippen LogP contribution in [0.4, 0.5) is 11.8 Å². The smallest absolute Gasteiger partial charge is 0.232 e. The molecular formula is C18H24N8. The molecular weight excluding hydrogens is 328 g/mol. The number of nitrogens with one attached hydrogen (secondary N) is 3. The van der Waals surface area contributed by atoms with Gasteiger partial charge in [-0.15, -0.1) is 0 Å². The first-order chi connectivity index (χ1) is 12.5. The van der Waals surface area contributed by atoms with Crippen molar-refractivity contribution < 1.29 is 0 Å². The van der Waals surface area contributed by atoms with E-state index in [1.54, 1.807) is 6.20 Å². The van der Waals surface area contributed by atoms with E-state index in [0.29, 0.717) is 18.3 Å². The minimum atomic E-state index is 0.130. The maximum absolute atomic E-state index is 6.00. The lowest BCUT2D eigenvalue weighted by atomic mass is 10.2. The second-order valence-electron chi connectivity index (χ2n) is 6.23. The van der Waals surface area contributed by atoms with Crippen LogP contribution in [-0.4, -0.2) is 26.0 Å². The minimum Gasteiger partial charge on any atom is -0.384 e. The number of benzene rings is 1. The monoisotopic (exact) mass is 352 g/mol. The molecule has 2 aromatic heterocycles. The molecule has 136 valence electrons. The summed E-state index contributed by atoms with van der Waals surface area (Å²) < 4.78 is 0. The summed E-state index contributed by atoms with van der Waals surface area (Å²) in [6, 6.07) is 12.2. The Morgan fingerprint density at radius 1 is 1.23 bits per heavy atom. The number of aromatic nitrogens is 3. The Hall–Kier alpha value is -3.26. The number of fused-ring (bicyclic) bond motifs is 1. The third-order valence-electron chi connectivity index (χ3n) is 3.86. The van der Waals surface area contributed by atoms with Crippen LogP contribution in [0.25, 0.3) is 11.0 Å². The van der Waals surface area contributed by atoms with Gasteiger partial charge in [0, 0.05) is 18.8 Å². The molecule has 3 rings (SSSR count). The molecule has 0 saturated carbocycles. The summed E-state index contributed by atoms with van der Waals surface area (Å²) in [6.45, 7) is 4.60. The minimum absolute atomic E-state index is 0.130. The Kier molecular flexibility index (Phi) is 5.23. The molecule has 0 radical (unpaired) electrons. The molecule has 0 amide bonds. The van der Waals surface area contributed by atoms with Gasteiger partial charge in [0.05, 0.1) is 11.6 Å². The van der Waals surface area contributed by atoms with E-state index in [4.69, 9.17) is 11.6 Å². The van der Waals surface area contributed by atoms with Gasteiger partial charge in [-0.25, -0.2) is 5.84 Å². The van der Waals surface area contributed by atoms with E-state index in [2.05, 4.69) is 37.7 Å². The number of rotatable bonds is 7. The average Bonchev–Trinajstić information content (AvgIpc) is 3.09. The molecule has 7 N–H and O–H groups in total. The van der Waals surface area contributed by atoms with Gasteiger partial charge in [-0.2, -0.15) is 9.97 Å². The second-order valence-corrected chi connectivity index (χ2v) is 6.23. The number of nitrogens with zero attached hydrogens (tertiary/aromatic N) is 3. The van der Waals surface area contributed by atoms with E-state index in [1.165, 1.54) is 10.6 Å². The summed E-state index contributed by atoms with van der Waals surface area (Å²) in [5, 5.41) is 8.77. The zero-order chi connectivity index (χ0) is 18.5. The number of hydrogen-bond acceptors (Lipinski definition) is 7. The molecule has 0 unspecified atom stereocenters. The standard InChI is InChI=1S/C18H24N8/c1-12(2)26(20)11-15(19)23-18-24-16-14(8-9-21-16)17(25-18)22-10-13-6-4-3-5-7-13/h3-9,11-12H,10,19-20H2,1-2H3,(H3,21,22,23,24,25)/b15-11+. The Morgan fingerprint density at radius 2 is 2.00 bits per heavy atom. The third-order valence-corrected chi connectivity index (χ3v) is 3.86. The molecule has 0 spiro atoms. The molecule has 1 aromatic carbocycles. The molecule has 0 aliphatic carbocycles. The second kappa shape index (κ2) is 7.75. The van der Waals surface area contributed by atoms with Gasteiger partial charge in [-0.1, -0.05) is 30.3 Å². The molecule has 0 bridgehead atoms. The summed E-state index contributed by atoms with van der Waals surface area (Å²) in [5.41, 5.74) is 7.88. The highest BCUT2D eigenvalue weighted by Crippen LogP contribution is 2.22. The molecule has 0 saturated heterocycles. The Morgan fingerprint density at radius 3 is 2.73 bits per heavy atom. The van der Waals surface area contributed by atoms with E-state index < -0.39 is 0 Å². The first kappa shape index (κ1) is 17.6. The van der Waals surface area contributed by atoms with Crippen molar-refractivity contribution in [2.24, 2.45) is 11.6 Å². The molecule has 0 atom stereocenters. The van der Waals surface area contributed by atoms with Crippen LogP contribution < -0.4 is 22.2 Å². The van der Waals surface area contributed by atoms with E-state index >= 15 is 0 Å². The van der Waals surface area contributed by atoms with Gasteiger partial charge in [0.2, 0.25) is 5.95 Å². The van der Waals surface area contributed by atoms with Crippen LogP contribution >= 0.6 is 0 Å². The van der Waals surface area contributed by atoms with Crippen LogP contribution in [0.5, 0.6) is 0 Å². The van der Waals surface area contributed by atoms with Crippen molar-refractivity contribution >= 4 is 22.8 Å². The van der Waals surface area contributed by atoms with Crippen LogP contribution in [-0.2, 0) is 6.54 Å². The van der Waals surface area contributed by atoms with Crippen molar-refractivity contribution in [3.8, 4) is 0 Å². The maximum Gasteiger partial charge on any atom is 0.232 e. The predicted molar refractivity (Wildman–Crippen MR) is 105 cm³/mol. The largest absolute Gasteiger partial charge is 0.384 e. The summed E-state index contributed by atoms with van der Waals surface area (Å²) in [4.78, 5) is 12.1. The normalized spacial score (nSPS) is 11.8. The van der Waals surface area contributed by atoms with E-state index in [1.807, 2.05) is 44.3 Å². The van der Waals surface area contributed by atoms with E-state index in [-0.39, 0.29) is 6.04 Å². The van der Waals surface area contributed by atoms with Crippen LogP contribution in [0.15, 0.2) is 54.6 Å². The highest BCUT2D eigenvalue weighted by molar-refractivity contribution is 5.88. The zero-order valence-electron chi connectivity index (χ0n) is 14.9. The Balaban J connectivity index is 1.81. The van der Waals surface area contributed by atoms with Crippen LogP contribution in [0.3, 0.4) is 0 Å². The van der Waals surface area contributed by atoms with Crippen molar-refractivity contribution in [1.82, 2.24) is 20.0 Å². The summed E-state index contributed by atoms with van der Waals surface area (Å²) in [7, 11) is 0. The average molecular weight is 352 g/mol. The first-order valence-corrected chi connectivity index (χ1v) is 8.43. The highest BCUT2D eigenvalue weighted by Gasteiger charge is 2.09. The van der Waals surface area contributed by atoms with E-state index in [0.717, 1.165) is 16.9 Å². The van der Waals surface area contributed by atoms with Gasteiger partial charge in [0.15, 0.2) is 0 Å². The number of hydrazine groups is 1. The number of anilines is 2. The quantitative estimate of drug-likeness (QED) is 0.327. The summed E-state index contributed by atoms with van der Waals surface area (Å²) in [6.07, 6.45) is 3.44. The van der Waals surface area contributed by atoms with Crippen molar-refractivity contribution in [1.29, 1.82) is 0 Å². The first-order valence-electron chi connectivity index (χ1n) is 8.43. The Labute approximate surface area is 152 Å². The van der Waals surface area contributed by atoms with E-state index in [9.17, 15) is 0 Å². The SMILES string of the molecule is CC(C)N(N)/C=C(\N)Nc1nc(NCc2ccccc2)c2cc[nH]c2n1. The fourth-order valence-corrected chi connectivity index (χ4v) is 2.38. The van der Waals surface area contributed by atoms with Gasteiger partial charge < -0.3 is 26.4 Å². The molecule has 8 heteroatoms. The van der Waals surface area contributed by atoms with Crippen LogP contribution in [0.1, 0.15) is 19.4 Å². The van der Waals surface area contributed by atoms with Crippen molar-refractivity contribution in [3.63, 3.8) is 0 Å². The van der Waals surface area contributed by atoms with Gasteiger partial charge in [0.1, 0.15) is 17.3 Å². The number of nitrogens with two attached hydrogens (primary N) is 2. The van der Waals surface area contributed by atoms with Gasteiger partial charge in [-0.3, -0.25) is 0 Å². The molecule has 26 heavy (non-hydrogen) atoms. The lowest BCUT2D eigenvalue weighted by Crippen LogP contribution is -2.34. The Bertz CT molecular complexity index is 885. The van der Waals surface area contributed by atoms with Crippen molar-refractivity contribution in [2.75, 3.05) is 10.6 Å². The zero-order valence-corrected chi connectivity index (χ0v) is 14.9. The van der Waals surface area contributed by atoms with Gasteiger partial charge in [-0.05, 0) is 25.5 Å². The maximum atomic E-state index is 6.00. The molecule has 0 aliphatic rings. The summed E-state index contributed by atoms with van der Waals surface area (Å²) in [5.74, 6) is 7.34. The lowest BCUT2D eigenvalue weighted by molar-refractivity contribution is 0.320. The molecule has 3 aromatic rings. The fourth-order valence-electron chi connectivity index (χ4n) is 2.38. The number of H-pyrrole nitrogens is 1. The van der Waals surface area contributed by atoms with Crippen molar-refractivity contribution in [2.45, 2.75) is 26.4 Å². The predicted octanol–water partition coefficient (Wildman–Crippen LogP) is 2.32. The molecule has 2 heterocycles. The molecule has 8 nitrogen and oxygen atoms in total. The summed E-state index contributed by atoms with van der Waals surface area (Å²) >= 11 is 0. The number of hydrogen-bond donors (Lipinski definition) is 5. The highest BCUT2D eigenvalue weighted by atomic mass is 15.4. The lowest BCUT2D eigenvalue weighted by Gasteiger charge is -2.19. The van der Waals surface area contributed by atoms with Crippen molar-refractivity contribution in [3.05, 3.63) is 60.2 Å². The number of aromatic amines is 1. The fraction of sp³-hybridized carbons (Fsp3) is 0.222. The van der Waals surface area contributed by atoms with Gasteiger partial charge >= 0.3 is 0 Å². The third kappa shape index (κ3) is 4.22. The molecule has 0 fully saturated rings. The van der Waals surface area contributed by atoms with Crippen LogP contribution in [0, 0.1) is 0 Å². The van der Waals surface area contributed by atoms with Gasteiger partial charge in [0.25, 0.3) is 0 Å². The van der Waals surface area contributed by atoms with Crippen LogP contribution in [0.2, 0.25) is 0 Å².